The molecule has 0 atom stereocenters. The minimum absolute atomic E-state index is 0.0108. The molecular weight excluding hydrogens is 486 g/mol. The van der Waals surface area contributed by atoms with Gasteiger partial charge in [0.05, 0.1) is 24.9 Å². The number of benzene rings is 2. The Balaban J connectivity index is 2.42. The SMILES string of the molecule is CON(O)c1ccc(F)c(Cn2c(C(=O)O)c(/C(=C/C=C\N)C(C)=O)c3cc(C(F)(F)F)ccc32)c1. The van der Waals surface area contributed by atoms with Gasteiger partial charge >= 0.3 is 12.1 Å². The van der Waals surface area contributed by atoms with Gasteiger partial charge in [0.15, 0.2) is 5.78 Å². The van der Waals surface area contributed by atoms with Gasteiger partial charge in [-0.05, 0) is 61.7 Å². The van der Waals surface area contributed by atoms with Gasteiger partial charge in [-0.3, -0.25) is 14.8 Å². The number of carbonyl (C=O) groups excluding carboxylic acids is 1. The van der Waals surface area contributed by atoms with Crippen LogP contribution in [0.2, 0.25) is 0 Å². The van der Waals surface area contributed by atoms with Crippen molar-refractivity contribution in [2.45, 2.75) is 19.6 Å². The third kappa shape index (κ3) is 5.09. The van der Waals surface area contributed by atoms with Gasteiger partial charge in [-0.15, -0.1) is 5.23 Å². The quantitative estimate of drug-likeness (QED) is 0.174. The zero-order valence-electron chi connectivity index (χ0n) is 19.0. The third-order valence-corrected chi connectivity index (χ3v) is 5.37. The normalized spacial score (nSPS) is 12.5. The summed E-state index contributed by atoms with van der Waals surface area (Å²) in [4.78, 5) is 29.5. The second-order valence-corrected chi connectivity index (χ2v) is 7.60. The van der Waals surface area contributed by atoms with E-state index in [1.165, 1.54) is 24.3 Å². The van der Waals surface area contributed by atoms with Gasteiger partial charge in [0, 0.05) is 27.6 Å². The van der Waals surface area contributed by atoms with E-state index in [0.29, 0.717) is 5.23 Å². The highest BCUT2D eigenvalue weighted by Gasteiger charge is 2.33. The minimum Gasteiger partial charge on any atom is -0.477 e. The fraction of sp³-hybridized carbons (Fsp3) is 0.167. The first-order valence-corrected chi connectivity index (χ1v) is 10.3. The number of hydrogen-bond donors (Lipinski definition) is 3. The molecule has 0 bridgehead atoms. The predicted molar refractivity (Wildman–Crippen MR) is 123 cm³/mol. The van der Waals surface area contributed by atoms with Crippen LogP contribution in [0.1, 0.15) is 34.1 Å². The average Bonchev–Trinajstić information content (AvgIpc) is 3.13. The van der Waals surface area contributed by atoms with E-state index in [0.717, 1.165) is 49.1 Å². The van der Waals surface area contributed by atoms with Gasteiger partial charge in [0.1, 0.15) is 11.5 Å². The molecule has 12 heteroatoms. The Hall–Kier alpha value is -4.16. The zero-order chi connectivity index (χ0) is 26.8. The summed E-state index contributed by atoms with van der Waals surface area (Å²) in [6.45, 7) is 0.668. The lowest BCUT2D eigenvalue weighted by Crippen LogP contribution is -2.17. The second-order valence-electron chi connectivity index (χ2n) is 7.60. The van der Waals surface area contributed by atoms with E-state index in [1.54, 1.807) is 0 Å². The number of alkyl halides is 3. The Morgan fingerprint density at radius 2 is 1.89 bits per heavy atom. The molecule has 1 aromatic heterocycles. The van der Waals surface area contributed by atoms with Crippen LogP contribution in [0, 0.1) is 5.82 Å². The highest BCUT2D eigenvalue weighted by atomic mass is 19.4. The summed E-state index contributed by atoms with van der Waals surface area (Å²) in [6, 6.07) is 5.94. The van der Waals surface area contributed by atoms with Crippen LogP contribution in [-0.4, -0.2) is 33.7 Å². The molecule has 0 fully saturated rings. The molecule has 0 saturated heterocycles. The van der Waals surface area contributed by atoms with E-state index in [4.69, 9.17) is 5.73 Å². The van der Waals surface area contributed by atoms with Crippen LogP contribution in [0.4, 0.5) is 23.2 Å². The van der Waals surface area contributed by atoms with Crippen molar-refractivity contribution in [1.82, 2.24) is 4.57 Å². The van der Waals surface area contributed by atoms with Crippen LogP contribution in [0.5, 0.6) is 0 Å². The summed E-state index contributed by atoms with van der Waals surface area (Å²) in [5, 5.41) is 20.0. The number of carboxylic acid groups (broad SMARTS) is 1. The Morgan fingerprint density at radius 3 is 2.44 bits per heavy atom. The minimum atomic E-state index is -4.75. The number of aromatic nitrogens is 1. The second kappa shape index (κ2) is 10.2. The lowest BCUT2D eigenvalue weighted by molar-refractivity contribution is -0.137. The molecule has 0 aliphatic rings. The number of carboxylic acids is 1. The number of aromatic carboxylic acids is 1. The number of Topliss-reactive ketones (excluding diaryl/α,β-unsaturated/α-hetero) is 1. The Bertz CT molecular complexity index is 1390. The molecule has 3 rings (SSSR count). The summed E-state index contributed by atoms with van der Waals surface area (Å²) in [5.41, 5.74) is 3.18. The van der Waals surface area contributed by atoms with Crippen molar-refractivity contribution >= 4 is 33.9 Å². The maximum Gasteiger partial charge on any atom is 0.416 e. The Kier molecular flexibility index (Phi) is 7.51. The van der Waals surface area contributed by atoms with E-state index >= 15 is 0 Å². The summed E-state index contributed by atoms with van der Waals surface area (Å²) in [7, 11) is 1.15. The molecule has 0 amide bonds. The van der Waals surface area contributed by atoms with Crippen molar-refractivity contribution in [3.63, 3.8) is 0 Å². The number of nitrogens with zero attached hydrogens (tertiary/aromatic N) is 2. The molecule has 2 aromatic carbocycles. The number of allylic oxidation sites excluding steroid dienone is 3. The molecule has 0 radical (unpaired) electrons. The molecule has 0 aliphatic carbocycles. The van der Waals surface area contributed by atoms with Crippen LogP contribution in [0.15, 0.2) is 54.8 Å². The largest absolute Gasteiger partial charge is 0.477 e. The van der Waals surface area contributed by atoms with Crippen LogP contribution in [0.25, 0.3) is 16.5 Å². The molecular formula is C24H21F4N3O5. The number of ketones is 1. The monoisotopic (exact) mass is 507 g/mol. The van der Waals surface area contributed by atoms with E-state index in [1.807, 2.05) is 0 Å². The maximum atomic E-state index is 14.7. The van der Waals surface area contributed by atoms with Crippen LogP contribution in [0.3, 0.4) is 0 Å². The molecule has 8 nitrogen and oxygen atoms in total. The fourth-order valence-corrected chi connectivity index (χ4v) is 3.80. The van der Waals surface area contributed by atoms with Crippen LogP contribution >= 0.6 is 0 Å². The summed E-state index contributed by atoms with van der Waals surface area (Å²) >= 11 is 0. The van der Waals surface area contributed by atoms with Crippen LogP contribution < -0.4 is 11.0 Å². The van der Waals surface area contributed by atoms with E-state index < -0.39 is 41.5 Å². The number of nitrogens with two attached hydrogens (primary N) is 1. The van der Waals surface area contributed by atoms with E-state index in [2.05, 4.69) is 4.84 Å². The molecule has 36 heavy (non-hydrogen) atoms. The summed E-state index contributed by atoms with van der Waals surface area (Å²) in [5.74, 6) is -2.96. The molecule has 190 valence electrons. The lowest BCUT2D eigenvalue weighted by atomic mass is 9.97. The van der Waals surface area contributed by atoms with Crippen molar-refractivity contribution in [3.8, 4) is 0 Å². The smallest absolute Gasteiger partial charge is 0.416 e. The molecule has 3 aromatic rings. The van der Waals surface area contributed by atoms with Crippen molar-refractivity contribution in [1.29, 1.82) is 0 Å². The number of anilines is 1. The van der Waals surface area contributed by atoms with Crippen molar-refractivity contribution in [3.05, 3.63) is 83.0 Å². The standard InChI is InChI=1S/C24H21F4N3O5/c1-13(32)17(4-3-9-29)21-18-11-15(24(26,27)28)5-8-20(18)30(22(21)23(33)34)12-14-10-16(31(35)36-2)6-7-19(14)25/h3-11,35H,12,29H2,1-2H3,(H,33,34)/b9-3-,17-4+. The predicted octanol–water partition coefficient (Wildman–Crippen LogP) is 4.75. The number of rotatable bonds is 8. The number of halogens is 4. The van der Waals surface area contributed by atoms with Crippen molar-refractivity contribution < 1.29 is 42.3 Å². The van der Waals surface area contributed by atoms with Crippen LogP contribution in [-0.2, 0) is 22.4 Å². The number of fused-ring (bicyclic) bond motifs is 1. The maximum absolute atomic E-state index is 14.7. The third-order valence-electron chi connectivity index (χ3n) is 5.37. The van der Waals surface area contributed by atoms with Gasteiger partial charge in [0.2, 0.25) is 0 Å². The van der Waals surface area contributed by atoms with Crippen molar-refractivity contribution in [2.75, 3.05) is 12.3 Å². The zero-order valence-corrected chi connectivity index (χ0v) is 19.0. The molecule has 0 unspecified atom stereocenters. The van der Waals surface area contributed by atoms with Gasteiger partial charge in [0.25, 0.3) is 0 Å². The van der Waals surface area contributed by atoms with Gasteiger partial charge < -0.3 is 15.4 Å². The van der Waals surface area contributed by atoms with Crippen molar-refractivity contribution in [2.24, 2.45) is 5.73 Å². The lowest BCUT2D eigenvalue weighted by Gasteiger charge is -2.16. The Labute approximate surface area is 202 Å². The van der Waals surface area contributed by atoms with Gasteiger partial charge in [-0.1, -0.05) is 0 Å². The Morgan fingerprint density at radius 1 is 1.19 bits per heavy atom. The molecule has 0 saturated carbocycles. The van der Waals surface area contributed by atoms with E-state index in [-0.39, 0.29) is 33.3 Å². The first-order chi connectivity index (χ1) is 16.9. The molecule has 4 N–H and O–H groups in total. The highest BCUT2D eigenvalue weighted by molar-refractivity contribution is 6.25. The number of hydrogen-bond acceptors (Lipinski definition) is 6. The average molecular weight is 507 g/mol. The topological polar surface area (TPSA) is 118 Å². The van der Waals surface area contributed by atoms with Gasteiger partial charge in [-0.25, -0.2) is 9.18 Å². The first-order valence-electron chi connectivity index (χ1n) is 10.3. The first kappa shape index (κ1) is 26.4. The molecule has 0 aliphatic heterocycles. The molecule has 1 heterocycles. The fourth-order valence-electron chi connectivity index (χ4n) is 3.80. The van der Waals surface area contributed by atoms with E-state index in [9.17, 15) is 37.5 Å². The van der Waals surface area contributed by atoms with Gasteiger partial charge in [-0.2, -0.15) is 13.2 Å². The number of carbonyl (C=O) groups is 2. The molecule has 0 spiro atoms. The highest BCUT2D eigenvalue weighted by Crippen LogP contribution is 2.38. The summed E-state index contributed by atoms with van der Waals surface area (Å²) < 4.78 is 56.3. The summed E-state index contributed by atoms with van der Waals surface area (Å²) in [6.07, 6.45) is -1.25.